The molecular weight excluding hydrogens is 558 g/mol. The highest BCUT2D eigenvalue weighted by Gasteiger charge is 2.37. The SMILES string of the molecule is Cc1nc(C)c(CN(C(=O)OC(C)(C)C)c2cc(N3CCN4C(=O)CCC4C3)nc3c(Br)c(C)nn23)s1. The van der Waals surface area contributed by atoms with Crippen molar-refractivity contribution in [2.75, 3.05) is 29.4 Å². The summed E-state index contributed by atoms with van der Waals surface area (Å²) in [5.74, 6) is 1.54. The minimum absolute atomic E-state index is 0.183. The third-order valence-electron chi connectivity index (χ3n) is 6.67. The van der Waals surface area contributed by atoms with Gasteiger partial charge in [-0.15, -0.1) is 11.3 Å². The zero-order chi connectivity index (χ0) is 26.6. The topological polar surface area (TPSA) is 96.2 Å². The lowest BCUT2D eigenvalue weighted by Gasteiger charge is -2.38. The van der Waals surface area contributed by atoms with Crippen molar-refractivity contribution in [3.05, 3.63) is 31.8 Å². The predicted octanol–water partition coefficient (Wildman–Crippen LogP) is 4.63. The Morgan fingerprint density at radius 1 is 1.22 bits per heavy atom. The monoisotopic (exact) mass is 589 g/mol. The molecule has 12 heteroatoms. The molecule has 3 aromatic rings. The molecule has 2 aliphatic heterocycles. The van der Waals surface area contributed by atoms with Gasteiger partial charge in [0.25, 0.3) is 0 Å². The van der Waals surface area contributed by atoms with Crippen LogP contribution < -0.4 is 9.80 Å². The summed E-state index contributed by atoms with van der Waals surface area (Å²) in [6.07, 6.45) is 0.990. The van der Waals surface area contributed by atoms with Crippen LogP contribution in [0.5, 0.6) is 0 Å². The van der Waals surface area contributed by atoms with Gasteiger partial charge in [0.1, 0.15) is 17.2 Å². The Bertz CT molecular complexity index is 1380. The number of aryl methyl sites for hydroxylation is 3. The normalized spacial score (nSPS) is 18.0. The number of hydrogen-bond acceptors (Lipinski definition) is 8. The van der Waals surface area contributed by atoms with Gasteiger partial charge >= 0.3 is 6.09 Å². The number of rotatable bonds is 4. The largest absolute Gasteiger partial charge is 0.443 e. The number of thiazole rings is 1. The molecule has 37 heavy (non-hydrogen) atoms. The van der Waals surface area contributed by atoms with E-state index >= 15 is 0 Å². The average molecular weight is 591 g/mol. The minimum Gasteiger partial charge on any atom is -0.443 e. The zero-order valence-corrected chi connectivity index (χ0v) is 24.4. The Morgan fingerprint density at radius 3 is 2.65 bits per heavy atom. The van der Waals surface area contributed by atoms with Gasteiger partial charge in [-0.3, -0.25) is 9.69 Å². The molecule has 5 rings (SSSR count). The first-order valence-corrected chi connectivity index (χ1v) is 14.1. The molecule has 198 valence electrons. The first-order valence-electron chi connectivity index (χ1n) is 12.4. The van der Waals surface area contributed by atoms with Gasteiger partial charge in [0, 0.05) is 43.0 Å². The molecule has 3 aromatic heterocycles. The number of nitrogens with zero attached hydrogens (tertiary/aromatic N) is 7. The Kier molecular flexibility index (Phi) is 6.68. The first-order chi connectivity index (χ1) is 17.4. The smallest absolute Gasteiger partial charge is 0.416 e. The fourth-order valence-electron chi connectivity index (χ4n) is 4.92. The van der Waals surface area contributed by atoms with Gasteiger partial charge in [-0.1, -0.05) is 0 Å². The van der Waals surface area contributed by atoms with E-state index in [4.69, 9.17) is 14.8 Å². The number of aromatic nitrogens is 4. The Morgan fingerprint density at radius 2 is 1.97 bits per heavy atom. The van der Waals surface area contributed by atoms with E-state index < -0.39 is 11.7 Å². The van der Waals surface area contributed by atoms with Gasteiger partial charge < -0.3 is 14.5 Å². The number of piperazine rings is 1. The second kappa shape index (κ2) is 9.54. The molecule has 10 nitrogen and oxygen atoms in total. The molecule has 0 aliphatic carbocycles. The van der Waals surface area contributed by atoms with E-state index in [0.29, 0.717) is 44.1 Å². The highest BCUT2D eigenvalue weighted by molar-refractivity contribution is 9.10. The molecule has 0 spiro atoms. The summed E-state index contributed by atoms with van der Waals surface area (Å²) in [7, 11) is 0. The van der Waals surface area contributed by atoms with Gasteiger partial charge in [-0.2, -0.15) is 9.61 Å². The average Bonchev–Trinajstić information content (AvgIpc) is 3.44. The fourth-order valence-corrected chi connectivity index (χ4v) is 6.18. The molecule has 0 N–H and O–H groups in total. The Labute approximate surface area is 228 Å². The summed E-state index contributed by atoms with van der Waals surface area (Å²) < 4.78 is 8.33. The van der Waals surface area contributed by atoms with Crippen LogP contribution in [-0.2, 0) is 16.1 Å². The quantitative estimate of drug-likeness (QED) is 0.438. The molecular formula is C25H32BrN7O3S. The van der Waals surface area contributed by atoms with Crippen molar-refractivity contribution >= 4 is 56.6 Å². The van der Waals surface area contributed by atoms with Crippen molar-refractivity contribution < 1.29 is 14.3 Å². The summed E-state index contributed by atoms with van der Waals surface area (Å²) in [5, 5.41) is 5.65. The lowest BCUT2D eigenvalue weighted by molar-refractivity contribution is -0.129. The maximum absolute atomic E-state index is 13.6. The summed E-state index contributed by atoms with van der Waals surface area (Å²) >= 11 is 5.22. The molecule has 0 bridgehead atoms. The summed E-state index contributed by atoms with van der Waals surface area (Å²) in [5.41, 5.74) is 1.61. The minimum atomic E-state index is -0.672. The van der Waals surface area contributed by atoms with Gasteiger partial charge in [0.05, 0.1) is 27.4 Å². The van der Waals surface area contributed by atoms with E-state index in [2.05, 4.69) is 25.8 Å². The lowest BCUT2D eigenvalue weighted by Crippen LogP contribution is -2.51. The van der Waals surface area contributed by atoms with E-state index in [0.717, 1.165) is 38.0 Å². The van der Waals surface area contributed by atoms with Gasteiger partial charge in [0.2, 0.25) is 5.91 Å². The van der Waals surface area contributed by atoms with Gasteiger partial charge in [0.15, 0.2) is 5.65 Å². The second-order valence-corrected chi connectivity index (χ2v) is 12.7. The number of anilines is 2. The maximum Gasteiger partial charge on any atom is 0.416 e. The zero-order valence-electron chi connectivity index (χ0n) is 22.0. The number of ether oxygens (including phenoxy) is 1. The number of hydrogen-bond donors (Lipinski definition) is 0. The molecule has 1 atom stereocenters. The lowest BCUT2D eigenvalue weighted by atomic mass is 10.1. The van der Waals surface area contributed by atoms with Gasteiger partial charge in [-0.25, -0.2) is 14.8 Å². The molecule has 0 saturated carbocycles. The van der Waals surface area contributed by atoms with E-state index in [1.807, 2.05) is 52.5 Å². The van der Waals surface area contributed by atoms with Crippen molar-refractivity contribution in [1.82, 2.24) is 24.5 Å². The van der Waals surface area contributed by atoms with Crippen molar-refractivity contribution in [1.29, 1.82) is 0 Å². The number of carbonyl (C=O) groups is 2. The first kappa shape index (κ1) is 25.9. The molecule has 5 heterocycles. The van der Waals surface area contributed by atoms with Gasteiger partial charge in [-0.05, 0) is 63.9 Å². The molecule has 0 aromatic carbocycles. The standard InChI is InChI=1S/C25H32BrN7O3S/c1-14-18(37-16(3)27-14)13-32(24(35)36-25(4,5)6)20-11-19(28-23-22(26)15(2)29-33(20)23)30-9-10-31-17(12-30)7-8-21(31)34/h11,17H,7-10,12-13H2,1-6H3. The third kappa shape index (κ3) is 5.05. The van der Waals surface area contributed by atoms with Crippen LogP contribution >= 0.6 is 27.3 Å². The van der Waals surface area contributed by atoms with Crippen LogP contribution in [0.25, 0.3) is 5.65 Å². The van der Waals surface area contributed by atoms with E-state index in [9.17, 15) is 9.59 Å². The van der Waals surface area contributed by atoms with Crippen LogP contribution in [0, 0.1) is 20.8 Å². The number of carbonyl (C=O) groups excluding carboxylic acids is 2. The van der Waals surface area contributed by atoms with Crippen LogP contribution in [0.4, 0.5) is 16.4 Å². The number of amides is 2. The van der Waals surface area contributed by atoms with E-state index in [-0.39, 0.29) is 11.9 Å². The van der Waals surface area contributed by atoms with Crippen molar-refractivity contribution in [2.24, 2.45) is 0 Å². The van der Waals surface area contributed by atoms with Crippen LogP contribution in [0.3, 0.4) is 0 Å². The maximum atomic E-state index is 13.6. The number of halogens is 1. The Hall–Kier alpha value is -2.73. The van der Waals surface area contributed by atoms with E-state index in [1.54, 1.807) is 20.8 Å². The van der Waals surface area contributed by atoms with Crippen molar-refractivity contribution in [2.45, 2.75) is 72.6 Å². The van der Waals surface area contributed by atoms with Crippen LogP contribution in [0.15, 0.2) is 10.5 Å². The molecule has 0 radical (unpaired) electrons. The molecule has 2 aliphatic rings. The summed E-state index contributed by atoms with van der Waals surface area (Å²) in [6, 6.07) is 2.09. The third-order valence-corrected chi connectivity index (χ3v) is 8.66. The summed E-state index contributed by atoms with van der Waals surface area (Å²) in [6.45, 7) is 13.7. The van der Waals surface area contributed by atoms with Crippen LogP contribution in [0.2, 0.25) is 0 Å². The molecule has 2 fully saturated rings. The summed E-state index contributed by atoms with van der Waals surface area (Å²) in [4.78, 5) is 42.2. The highest BCUT2D eigenvalue weighted by Crippen LogP contribution is 2.33. The number of fused-ring (bicyclic) bond motifs is 2. The highest BCUT2D eigenvalue weighted by atomic mass is 79.9. The Balaban J connectivity index is 1.61. The second-order valence-electron chi connectivity index (χ2n) is 10.6. The van der Waals surface area contributed by atoms with Crippen LogP contribution in [0.1, 0.15) is 54.9 Å². The van der Waals surface area contributed by atoms with Crippen molar-refractivity contribution in [3.8, 4) is 0 Å². The molecule has 1 unspecified atom stereocenters. The fraction of sp³-hybridized carbons (Fsp3) is 0.560. The van der Waals surface area contributed by atoms with Crippen molar-refractivity contribution in [3.63, 3.8) is 0 Å². The molecule has 2 amide bonds. The predicted molar refractivity (Wildman–Crippen MR) is 146 cm³/mol. The molecule has 2 saturated heterocycles. The van der Waals surface area contributed by atoms with E-state index in [1.165, 1.54) is 0 Å². The van der Waals surface area contributed by atoms with Crippen LogP contribution in [-0.4, -0.2) is 67.8 Å².